The molecule has 7 heteroatoms. The number of nitrogens with zero attached hydrogens (tertiary/aromatic N) is 2. The molecule has 2 aliphatic heterocycles. The lowest BCUT2D eigenvalue weighted by Gasteiger charge is -2.23. The van der Waals surface area contributed by atoms with E-state index in [0.29, 0.717) is 49.0 Å². The Morgan fingerprint density at radius 2 is 1.71 bits per heavy atom. The van der Waals surface area contributed by atoms with Crippen LogP contribution in [0.1, 0.15) is 17.5 Å². The van der Waals surface area contributed by atoms with Gasteiger partial charge in [0.15, 0.2) is 5.84 Å². The first-order valence-electron chi connectivity index (χ1n) is 9.22. The average Bonchev–Trinajstić information content (AvgIpc) is 2.88. The van der Waals surface area contributed by atoms with Crippen LogP contribution in [0.25, 0.3) is 10.5 Å². The molecule has 2 aromatic carbocycles. The minimum Gasteiger partial charge on any atom is -0.497 e. The summed E-state index contributed by atoms with van der Waals surface area (Å²) < 4.78 is 41.2. The lowest BCUT2D eigenvalue weighted by molar-refractivity contribution is 0.147. The summed E-state index contributed by atoms with van der Waals surface area (Å²) in [5, 5.41) is 0. The van der Waals surface area contributed by atoms with E-state index in [-0.39, 0.29) is 4.91 Å². The van der Waals surface area contributed by atoms with Gasteiger partial charge in [-0.15, -0.1) is 4.40 Å². The van der Waals surface area contributed by atoms with Crippen molar-refractivity contribution < 1.29 is 17.9 Å². The van der Waals surface area contributed by atoms with E-state index in [9.17, 15) is 8.42 Å². The standard InChI is InChI=1S/C21H22N2O4S/c1-26-18-10-8-17(9-11-18)20-19(16-6-3-2-4-7-16)21(22-28(20,24)25)23-12-5-14-27-15-13-23/h2-4,6-11H,5,12-15H2,1H3. The highest BCUT2D eigenvalue weighted by Crippen LogP contribution is 2.39. The second-order valence-corrected chi connectivity index (χ2v) is 8.18. The summed E-state index contributed by atoms with van der Waals surface area (Å²) in [7, 11) is -2.24. The van der Waals surface area contributed by atoms with Gasteiger partial charge in [-0.05, 0) is 41.8 Å². The molecule has 1 saturated heterocycles. The van der Waals surface area contributed by atoms with Gasteiger partial charge in [-0.3, -0.25) is 0 Å². The van der Waals surface area contributed by atoms with Crippen molar-refractivity contribution in [2.75, 3.05) is 33.4 Å². The van der Waals surface area contributed by atoms with Gasteiger partial charge in [0, 0.05) is 25.3 Å². The Labute approximate surface area is 165 Å². The zero-order chi connectivity index (χ0) is 19.6. The molecule has 0 aromatic heterocycles. The highest BCUT2D eigenvalue weighted by Gasteiger charge is 2.36. The molecule has 146 valence electrons. The van der Waals surface area contributed by atoms with Crippen LogP contribution in [0.5, 0.6) is 5.75 Å². The van der Waals surface area contributed by atoms with E-state index in [1.54, 1.807) is 31.4 Å². The molecule has 0 unspecified atom stereocenters. The van der Waals surface area contributed by atoms with Crippen molar-refractivity contribution in [1.29, 1.82) is 0 Å². The number of benzene rings is 2. The monoisotopic (exact) mass is 398 g/mol. The number of hydrogen-bond acceptors (Lipinski definition) is 5. The van der Waals surface area contributed by atoms with Crippen molar-refractivity contribution in [3.05, 3.63) is 65.7 Å². The van der Waals surface area contributed by atoms with Crippen LogP contribution in [0.4, 0.5) is 0 Å². The van der Waals surface area contributed by atoms with E-state index in [1.165, 1.54) is 0 Å². The van der Waals surface area contributed by atoms with Crippen LogP contribution >= 0.6 is 0 Å². The van der Waals surface area contributed by atoms with Gasteiger partial charge in [0.2, 0.25) is 0 Å². The van der Waals surface area contributed by atoms with E-state index in [4.69, 9.17) is 9.47 Å². The third-order valence-electron chi connectivity index (χ3n) is 4.85. The molecule has 0 saturated carbocycles. The first kappa shape index (κ1) is 18.7. The van der Waals surface area contributed by atoms with Crippen LogP contribution in [0.3, 0.4) is 0 Å². The number of ether oxygens (including phenoxy) is 2. The highest BCUT2D eigenvalue weighted by molar-refractivity contribution is 8.00. The molecule has 1 fully saturated rings. The summed E-state index contributed by atoms with van der Waals surface area (Å²) in [5.74, 6) is 1.18. The Kier molecular flexibility index (Phi) is 5.19. The number of rotatable bonds is 3. The largest absolute Gasteiger partial charge is 0.497 e. The van der Waals surface area contributed by atoms with Crippen molar-refractivity contribution in [2.24, 2.45) is 4.40 Å². The molecular weight excluding hydrogens is 376 g/mol. The fourth-order valence-corrected chi connectivity index (χ4v) is 4.94. The van der Waals surface area contributed by atoms with Crippen LogP contribution in [0, 0.1) is 0 Å². The van der Waals surface area contributed by atoms with E-state index < -0.39 is 10.0 Å². The molecule has 0 radical (unpaired) electrons. The summed E-state index contributed by atoms with van der Waals surface area (Å²) in [6.45, 7) is 2.55. The number of sulfonamides is 1. The van der Waals surface area contributed by atoms with Crippen LogP contribution in [-0.4, -0.2) is 52.6 Å². The van der Waals surface area contributed by atoms with Crippen LogP contribution in [0.15, 0.2) is 59.0 Å². The normalized spacial score (nSPS) is 19.3. The van der Waals surface area contributed by atoms with Gasteiger partial charge in [-0.25, -0.2) is 0 Å². The van der Waals surface area contributed by atoms with Crippen molar-refractivity contribution in [1.82, 2.24) is 4.90 Å². The predicted molar refractivity (Wildman–Crippen MR) is 110 cm³/mol. The zero-order valence-corrected chi connectivity index (χ0v) is 16.5. The van der Waals surface area contributed by atoms with Crippen LogP contribution in [-0.2, 0) is 14.8 Å². The van der Waals surface area contributed by atoms with Gasteiger partial charge >= 0.3 is 0 Å². The van der Waals surface area contributed by atoms with Crippen LogP contribution < -0.4 is 4.74 Å². The summed E-state index contributed by atoms with van der Waals surface area (Å²) in [6.07, 6.45) is 0.832. The van der Waals surface area contributed by atoms with E-state index in [2.05, 4.69) is 4.40 Å². The average molecular weight is 398 g/mol. The Hall–Kier alpha value is -2.64. The Bertz CT molecular complexity index is 1000. The fraction of sp³-hybridized carbons (Fsp3) is 0.286. The third-order valence-corrected chi connectivity index (χ3v) is 6.22. The minimum absolute atomic E-state index is 0.238. The lowest BCUT2D eigenvalue weighted by Crippen LogP contribution is -2.33. The highest BCUT2D eigenvalue weighted by atomic mass is 32.2. The molecule has 0 aliphatic carbocycles. The van der Waals surface area contributed by atoms with Gasteiger partial charge in [0.05, 0.1) is 13.7 Å². The first-order valence-corrected chi connectivity index (χ1v) is 10.7. The van der Waals surface area contributed by atoms with Crippen molar-refractivity contribution in [3.63, 3.8) is 0 Å². The molecule has 28 heavy (non-hydrogen) atoms. The molecule has 0 spiro atoms. The molecule has 6 nitrogen and oxygen atoms in total. The molecule has 0 amide bonds. The van der Waals surface area contributed by atoms with E-state index in [1.807, 2.05) is 35.2 Å². The summed E-state index contributed by atoms with van der Waals surface area (Å²) in [6, 6.07) is 16.6. The second kappa shape index (κ2) is 7.77. The van der Waals surface area contributed by atoms with Gasteiger partial charge in [-0.1, -0.05) is 30.3 Å². The van der Waals surface area contributed by atoms with Crippen molar-refractivity contribution >= 4 is 26.3 Å². The Morgan fingerprint density at radius 3 is 2.43 bits per heavy atom. The SMILES string of the molecule is COc1ccc(C2=C(c3ccccc3)C(N3CCCOCC3)=NS2(=O)=O)cc1. The first-order chi connectivity index (χ1) is 13.6. The van der Waals surface area contributed by atoms with E-state index >= 15 is 0 Å². The van der Waals surface area contributed by atoms with Crippen molar-refractivity contribution in [2.45, 2.75) is 6.42 Å². The smallest absolute Gasteiger partial charge is 0.285 e. The van der Waals surface area contributed by atoms with Gasteiger partial charge in [0.25, 0.3) is 10.0 Å². The summed E-state index contributed by atoms with van der Waals surface area (Å²) in [4.78, 5) is 2.25. The van der Waals surface area contributed by atoms with Gasteiger partial charge < -0.3 is 14.4 Å². The Morgan fingerprint density at radius 1 is 0.964 bits per heavy atom. The predicted octanol–water partition coefficient (Wildman–Crippen LogP) is 3.03. The molecule has 2 aliphatic rings. The van der Waals surface area contributed by atoms with Crippen LogP contribution in [0.2, 0.25) is 0 Å². The van der Waals surface area contributed by atoms with Gasteiger partial charge in [0.1, 0.15) is 10.7 Å². The maximum absolute atomic E-state index is 13.1. The molecule has 0 bridgehead atoms. The minimum atomic E-state index is -3.82. The second-order valence-electron chi connectivity index (χ2n) is 6.64. The Balaban J connectivity index is 1.90. The molecule has 2 heterocycles. The van der Waals surface area contributed by atoms with E-state index in [0.717, 1.165) is 12.0 Å². The molecule has 2 aromatic rings. The molecule has 0 atom stereocenters. The molecular formula is C21H22N2O4S. The summed E-state index contributed by atoms with van der Waals surface area (Å²) >= 11 is 0. The lowest BCUT2D eigenvalue weighted by atomic mass is 10.0. The quantitative estimate of drug-likeness (QED) is 0.795. The van der Waals surface area contributed by atoms with Gasteiger partial charge in [-0.2, -0.15) is 8.42 Å². The zero-order valence-electron chi connectivity index (χ0n) is 15.7. The molecule has 4 rings (SSSR count). The maximum Gasteiger partial charge on any atom is 0.285 e. The topological polar surface area (TPSA) is 68.2 Å². The summed E-state index contributed by atoms with van der Waals surface area (Å²) in [5.41, 5.74) is 2.08. The molecule has 0 N–H and O–H groups in total. The number of methoxy groups -OCH3 is 1. The fourth-order valence-electron chi connectivity index (χ4n) is 3.51. The third kappa shape index (κ3) is 3.55. The number of amidine groups is 1. The maximum atomic E-state index is 13.1. The number of hydrogen-bond donors (Lipinski definition) is 0. The van der Waals surface area contributed by atoms with Crippen molar-refractivity contribution in [3.8, 4) is 5.75 Å².